The van der Waals surface area contributed by atoms with E-state index in [9.17, 15) is 0 Å². The topological polar surface area (TPSA) is 47.1 Å². The summed E-state index contributed by atoms with van der Waals surface area (Å²) < 4.78 is 2.05. The van der Waals surface area contributed by atoms with Crippen LogP contribution < -0.4 is 10.6 Å². The van der Waals surface area contributed by atoms with Gasteiger partial charge in [-0.2, -0.15) is 5.10 Å². The number of aromatic nitrogens is 2. The Hall–Kier alpha value is -1.19. The third kappa shape index (κ3) is 1.90. The molecule has 2 rings (SSSR count). The van der Waals surface area contributed by atoms with Gasteiger partial charge in [-0.1, -0.05) is 6.92 Å². The molecule has 1 saturated heterocycles. The number of nitrogens with two attached hydrogens (primary N) is 1. The summed E-state index contributed by atoms with van der Waals surface area (Å²) in [4.78, 5) is 2.48. The second-order valence-electron chi connectivity index (χ2n) is 5.03. The van der Waals surface area contributed by atoms with Crippen LogP contribution in [0.4, 0.5) is 11.5 Å². The van der Waals surface area contributed by atoms with Crippen LogP contribution in [0.2, 0.25) is 0 Å². The molecule has 0 aromatic carbocycles. The van der Waals surface area contributed by atoms with E-state index in [1.807, 2.05) is 6.92 Å². The summed E-state index contributed by atoms with van der Waals surface area (Å²) in [6.45, 7) is 9.54. The molecule has 0 saturated carbocycles. The van der Waals surface area contributed by atoms with E-state index in [1.165, 1.54) is 19.3 Å². The molecule has 2 heterocycles. The Labute approximate surface area is 104 Å². The zero-order valence-electron chi connectivity index (χ0n) is 11.4. The molecule has 0 aliphatic carbocycles. The molecule has 4 heteroatoms. The fourth-order valence-corrected chi connectivity index (χ4v) is 2.93. The van der Waals surface area contributed by atoms with E-state index in [0.717, 1.165) is 23.7 Å². The predicted molar refractivity (Wildman–Crippen MR) is 72.3 cm³/mol. The lowest BCUT2D eigenvalue weighted by Crippen LogP contribution is -2.36. The first-order valence-corrected chi connectivity index (χ1v) is 6.71. The second kappa shape index (κ2) is 4.59. The predicted octanol–water partition coefficient (Wildman–Crippen LogP) is 2.56. The number of aryl methyl sites for hydroxylation is 2. The highest BCUT2D eigenvalue weighted by Gasteiger charge is 2.33. The zero-order valence-corrected chi connectivity index (χ0v) is 11.4. The molecule has 2 N–H and O–H groups in total. The Balaban J connectivity index is 2.44. The maximum Gasteiger partial charge on any atom is 0.151 e. The molecular formula is C13H24N4. The summed E-state index contributed by atoms with van der Waals surface area (Å²) in [7, 11) is 0. The first kappa shape index (κ1) is 12.3. The quantitative estimate of drug-likeness (QED) is 0.877. The molecule has 2 unspecified atom stereocenters. The molecule has 1 aliphatic rings. The lowest BCUT2D eigenvalue weighted by Gasteiger charge is -2.30. The molecule has 1 aromatic rings. The molecule has 2 atom stereocenters. The lowest BCUT2D eigenvalue weighted by molar-refractivity contribution is 0.575. The van der Waals surface area contributed by atoms with Crippen LogP contribution in [0.5, 0.6) is 0 Å². The molecular weight excluding hydrogens is 212 g/mol. The standard InChI is InChI=1S/C13H24N4/c1-5-11-8-7-9(3)17(11)13-12(14)10(4)15-16(13)6-2/h9,11H,5-8,14H2,1-4H3. The third-order valence-electron chi connectivity index (χ3n) is 3.95. The minimum Gasteiger partial charge on any atom is -0.394 e. The number of anilines is 2. The average Bonchev–Trinajstić information content (AvgIpc) is 2.81. The van der Waals surface area contributed by atoms with Crippen molar-refractivity contribution < 1.29 is 0 Å². The van der Waals surface area contributed by atoms with Crippen molar-refractivity contribution in [3.05, 3.63) is 5.69 Å². The SMILES string of the molecule is CCC1CCC(C)N1c1c(N)c(C)nn1CC. The van der Waals surface area contributed by atoms with E-state index in [1.54, 1.807) is 0 Å². The normalized spacial score (nSPS) is 24.6. The van der Waals surface area contributed by atoms with Gasteiger partial charge in [0.15, 0.2) is 5.82 Å². The van der Waals surface area contributed by atoms with Crippen LogP contribution in [0.25, 0.3) is 0 Å². The smallest absolute Gasteiger partial charge is 0.151 e. The van der Waals surface area contributed by atoms with Gasteiger partial charge in [0.2, 0.25) is 0 Å². The van der Waals surface area contributed by atoms with Gasteiger partial charge in [0.25, 0.3) is 0 Å². The van der Waals surface area contributed by atoms with Gasteiger partial charge in [0.05, 0.1) is 11.4 Å². The highest BCUT2D eigenvalue weighted by atomic mass is 15.4. The minimum atomic E-state index is 0.573. The highest BCUT2D eigenvalue weighted by Crippen LogP contribution is 2.36. The van der Waals surface area contributed by atoms with Crippen LogP contribution in [-0.4, -0.2) is 21.9 Å². The number of hydrogen-bond donors (Lipinski definition) is 1. The second-order valence-corrected chi connectivity index (χ2v) is 5.03. The number of hydrogen-bond acceptors (Lipinski definition) is 3. The van der Waals surface area contributed by atoms with Crippen LogP contribution in [0.3, 0.4) is 0 Å². The van der Waals surface area contributed by atoms with Crippen LogP contribution >= 0.6 is 0 Å². The Morgan fingerprint density at radius 3 is 2.65 bits per heavy atom. The van der Waals surface area contributed by atoms with Crippen LogP contribution in [0.15, 0.2) is 0 Å². The van der Waals surface area contributed by atoms with Gasteiger partial charge in [-0.05, 0) is 40.0 Å². The van der Waals surface area contributed by atoms with Crippen molar-refractivity contribution in [1.29, 1.82) is 0 Å². The summed E-state index contributed by atoms with van der Waals surface area (Å²) in [5.74, 6) is 1.14. The van der Waals surface area contributed by atoms with Gasteiger partial charge in [-0.25, -0.2) is 4.68 Å². The molecule has 96 valence electrons. The lowest BCUT2D eigenvalue weighted by atomic mass is 10.1. The molecule has 4 nitrogen and oxygen atoms in total. The Morgan fingerprint density at radius 2 is 2.06 bits per heavy atom. The fourth-order valence-electron chi connectivity index (χ4n) is 2.93. The average molecular weight is 236 g/mol. The third-order valence-corrected chi connectivity index (χ3v) is 3.95. The van der Waals surface area contributed by atoms with E-state index < -0.39 is 0 Å². The summed E-state index contributed by atoms with van der Waals surface area (Å²) in [5, 5.41) is 4.53. The van der Waals surface area contributed by atoms with E-state index >= 15 is 0 Å². The maximum atomic E-state index is 6.21. The Morgan fingerprint density at radius 1 is 1.35 bits per heavy atom. The van der Waals surface area contributed by atoms with Gasteiger partial charge in [-0.15, -0.1) is 0 Å². The Kier molecular flexibility index (Phi) is 3.31. The molecule has 0 radical (unpaired) electrons. The minimum absolute atomic E-state index is 0.573. The number of nitrogen functional groups attached to an aromatic ring is 1. The van der Waals surface area contributed by atoms with Crippen LogP contribution in [-0.2, 0) is 6.54 Å². The van der Waals surface area contributed by atoms with Crippen molar-refractivity contribution in [2.45, 2.75) is 65.6 Å². The molecule has 0 amide bonds. The zero-order chi connectivity index (χ0) is 12.6. The van der Waals surface area contributed by atoms with Crippen molar-refractivity contribution in [3.63, 3.8) is 0 Å². The van der Waals surface area contributed by atoms with Gasteiger partial charge >= 0.3 is 0 Å². The highest BCUT2D eigenvalue weighted by molar-refractivity contribution is 5.67. The summed E-state index contributed by atoms with van der Waals surface area (Å²) >= 11 is 0. The number of rotatable bonds is 3. The van der Waals surface area contributed by atoms with E-state index in [2.05, 4.69) is 35.5 Å². The maximum absolute atomic E-state index is 6.21. The summed E-state index contributed by atoms with van der Waals surface area (Å²) in [6.07, 6.45) is 3.70. The largest absolute Gasteiger partial charge is 0.394 e. The van der Waals surface area contributed by atoms with E-state index in [0.29, 0.717) is 12.1 Å². The molecule has 0 spiro atoms. The van der Waals surface area contributed by atoms with Gasteiger partial charge in [0.1, 0.15) is 0 Å². The van der Waals surface area contributed by atoms with Crippen LogP contribution in [0.1, 0.15) is 45.7 Å². The van der Waals surface area contributed by atoms with Crippen molar-refractivity contribution >= 4 is 11.5 Å². The van der Waals surface area contributed by atoms with Crippen molar-refractivity contribution in [2.75, 3.05) is 10.6 Å². The first-order valence-electron chi connectivity index (χ1n) is 6.71. The molecule has 0 bridgehead atoms. The van der Waals surface area contributed by atoms with Gasteiger partial charge in [-0.3, -0.25) is 0 Å². The monoisotopic (exact) mass is 236 g/mol. The van der Waals surface area contributed by atoms with Gasteiger partial charge in [0, 0.05) is 18.6 Å². The Bertz CT molecular complexity index is 396. The summed E-state index contributed by atoms with van der Waals surface area (Å²) in [6, 6.07) is 1.19. The van der Waals surface area contributed by atoms with Crippen LogP contribution in [0, 0.1) is 6.92 Å². The fraction of sp³-hybridized carbons (Fsp3) is 0.769. The van der Waals surface area contributed by atoms with Crippen molar-refractivity contribution in [1.82, 2.24) is 9.78 Å². The van der Waals surface area contributed by atoms with Crippen molar-refractivity contribution in [3.8, 4) is 0 Å². The molecule has 1 aliphatic heterocycles. The van der Waals surface area contributed by atoms with E-state index in [4.69, 9.17) is 5.73 Å². The number of nitrogens with zero attached hydrogens (tertiary/aromatic N) is 3. The first-order chi connectivity index (χ1) is 8.10. The van der Waals surface area contributed by atoms with Gasteiger partial charge < -0.3 is 10.6 Å². The van der Waals surface area contributed by atoms with E-state index in [-0.39, 0.29) is 0 Å². The van der Waals surface area contributed by atoms with Crippen molar-refractivity contribution in [2.24, 2.45) is 0 Å². The molecule has 1 aromatic heterocycles. The summed E-state index contributed by atoms with van der Waals surface area (Å²) in [5.41, 5.74) is 8.03. The molecule has 1 fully saturated rings. The molecule has 17 heavy (non-hydrogen) atoms.